The van der Waals surface area contributed by atoms with Gasteiger partial charge >= 0.3 is 0 Å². The molecule has 0 spiro atoms. The molecule has 3 aromatic carbocycles. The Labute approximate surface area is 228 Å². The van der Waals surface area contributed by atoms with Gasteiger partial charge < -0.3 is 24.3 Å². The van der Waals surface area contributed by atoms with Gasteiger partial charge in [0.25, 0.3) is 5.91 Å². The lowest BCUT2D eigenvalue weighted by Gasteiger charge is -2.29. The van der Waals surface area contributed by atoms with Gasteiger partial charge in [-0.3, -0.25) is 14.6 Å². The van der Waals surface area contributed by atoms with Crippen LogP contribution in [0.25, 0.3) is 27.4 Å². The SMILES string of the molecule is O=C(c1cn2c3c(c(NCCc4ccccn4)c(F)cc3c1=O)Oc1ccc3ccccc3c1-2)N1CCOCC1. The molecule has 0 aliphatic carbocycles. The van der Waals surface area contributed by atoms with Crippen LogP contribution < -0.4 is 15.5 Å². The molecule has 1 amide bonds. The number of nitrogens with zero attached hydrogens (tertiary/aromatic N) is 3. The van der Waals surface area contributed by atoms with E-state index in [0.717, 1.165) is 16.5 Å². The molecule has 4 heterocycles. The molecule has 0 unspecified atom stereocenters. The summed E-state index contributed by atoms with van der Waals surface area (Å²) in [6, 6.07) is 18.4. The number of nitrogens with one attached hydrogen (secondary N) is 1. The van der Waals surface area contributed by atoms with E-state index >= 15 is 4.39 Å². The van der Waals surface area contributed by atoms with Crippen LogP contribution in [0.1, 0.15) is 16.1 Å². The molecule has 200 valence electrons. The van der Waals surface area contributed by atoms with Gasteiger partial charge in [0.15, 0.2) is 17.3 Å². The van der Waals surface area contributed by atoms with Gasteiger partial charge in [-0.05, 0) is 29.7 Å². The number of anilines is 1. The molecule has 1 N–H and O–H groups in total. The first-order valence-corrected chi connectivity index (χ1v) is 13.2. The molecule has 0 radical (unpaired) electrons. The van der Waals surface area contributed by atoms with E-state index < -0.39 is 17.2 Å². The number of pyridine rings is 2. The number of rotatable bonds is 5. The number of fused-ring (bicyclic) bond motifs is 4. The summed E-state index contributed by atoms with van der Waals surface area (Å²) in [5.74, 6) is -0.320. The molecule has 2 aromatic heterocycles. The highest BCUT2D eigenvalue weighted by atomic mass is 19.1. The first-order valence-electron chi connectivity index (χ1n) is 13.2. The smallest absolute Gasteiger partial charge is 0.259 e. The molecular formula is C31H25FN4O4. The number of morpholine rings is 1. The molecule has 0 atom stereocenters. The molecule has 8 nitrogen and oxygen atoms in total. The van der Waals surface area contributed by atoms with Crippen LogP contribution in [-0.2, 0) is 11.2 Å². The fourth-order valence-electron chi connectivity index (χ4n) is 5.49. The maximum Gasteiger partial charge on any atom is 0.259 e. The normalized spacial score (nSPS) is 14.2. The van der Waals surface area contributed by atoms with Crippen LogP contribution in [-0.4, -0.2) is 53.2 Å². The molecule has 0 bridgehead atoms. The zero-order valence-corrected chi connectivity index (χ0v) is 21.5. The molecule has 40 heavy (non-hydrogen) atoms. The quantitative estimate of drug-likeness (QED) is 0.337. The standard InChI is InChI=1S/C31H25FN4O4/c32-24-17-22-28-30(26(24)34-12-10-20-6-3-4-11-33-20)40-25-9-8-19-5-1-2-7-21(19)27(25)36(28)18-23(29(22)37)31(38)35-13-15-39-16-14-35/h1-9,11,17-18,34H,10,12-16H2. The summed E-state index contributed by atoms with van der Waals surface area (Å²) in [4.78, 5) is 33.2. The Kier molecular flexibility index (Phi) is 5.93. The number of carbonyl (C=O) groups excluding carboxylic acids is 1. The van der Waals surface area contributed by atoms with Crippen molar-refractivity contribution in [1.82, 2.24) is 14.5 Å². The zero-order valence-electron chi connectivity index (χ0n) is 21.5. The van der Waals surface area contributed by atoms with E-state index in [0.29, 0.717) is 56.2 Å². The van der Waals surface area contributed by atoms with Crippen LogP contribution in [0.4, 0.5) is 10.1 Å². The van der Waals surface area contributed by atoms with Crippen molar-refractivity contribution in [3.63, 3.8) is 0 Å². The predicted molar refractivity (Wildman–Crippen MR) is 150 cm³/mol. The Morgan fingerprint density at radius 1 is 1.02 bits per heavy atom. The first-order chi connectivity index (χ1) is 19.6. The highest BCUT2D eigenvalue weighted by Gasteiger charge is 2.31. The number of ether oxygens (including phenoxy) is 2. The van der Waals surface area contributed by atoms with Crippen molar-refractivity contribution in [2.45, 2.75) is 6.42 Å². The van der Waals surface area contributed by atoms with Crippen LogP contribution in [0.3, 0.4) is 0 Å². The lowest BCUT2D eigenvalue weighted by Crippen LogP contribution is -2.42. The van der Waals surface area contributed by atoms with Gasteiger partial charge in [0.1, 0.15) is 16.8 Å². The van der Waals surface area contributed by atoms with Crippen molar-refractivity contribution < 1.29 is 18.7 Å². The van der Waals surface area contributed by atoms with Crippen molar-refractivity contribution in [1.29, 1.82) is 0 Å². The molecule has 2 aliphatic rings. The minimum atomic E-state index is -0.632. The largest absolute Gasteiger partial charge is 0.451 e. The third kappa shape index (κ3) is 3.97. The molecular weight excluding hydrogens is 511 g/mol. The maximum atomic E-state index is 15.7. The summed E-state index contributed by atoms with van der Waals surface area (Å²) in [7, 11) is 0. The van der Waals surface area contributed by atoms with Gasteiger partial charge in [0.2, 0.25) is 5.43 Å². The average Bonchev–Trinajstić information content (AvgIpc) is 3.00. The van der Waals surface area contributed by atoms with Gasteiger partial charge in [-0.15, -0.1) is 0 Å². The van der Waals surface area contributed by atoms with Crippen molar-refractivity contribution in [3.8, 4) is 17.2 Å². The van der Waals surface area contributed by atoms with Crippen molar-refractivity contribution in [2.24, 2.45) is 0 Å². The Bertz CT molecular complexity index is 1850. The maximum absolute atomic E-state index is 15.7. The number of hydrogen-bond donors (Lipinski definition) is 1. The summed E-state index contributed by atoms with van der Waals surface area (Å²) in [6.07, 6.45) is 3.86. The van der Waals surface area contributed by atoms with E-state index in [-0.39, 0.29) is 22.4 Å². The Balaban J connectivity index is 1.43. The second-order valence-electron chi connectivity index (χ2n) is 9.84. The van der Waals surface area contributed by atoms with Gasteiger partial charge in [-0.25, -0.2) is 4.39 Å². The molecule has 2 aliphatic heterocycles. The third-order valence-electron chi connectivity index (χ3n) is 7.45. The van der Waals surface area contributed by atoms with Crippen LogP contribution >= 0.6 is 0 Å². The number of aromatic nitrogens is 2. The summed E-state index contributed by atoms with van der Waals surface area (Å²) in [6.45, 7) is 1.98. The molecule has 5 aromatic rings. The second-order valence-corrected chi connectivity index (χ2v) is 9.84. The van der Waals surface area contributed by atoms with Gasteiger partial charge in [0, 0.05) is 49.5 Å². The van der Waals surface area contributed by atoms with Gasteiger partial charge in [0.05, 0.1) is 24.3 Å². The van der Waals surface area contributed by atoms with Crippen molar-refractivity contribution in [3.05, 3.63) is 100 Å². The average molecular weight is 537 g/mol. The summed E-state index contributed by atoms with van der Waals surface area (Å²) in [5.41, 5.74) is 1.58. The molecule has 0 saturated carbocycles. The number of benzene rings is 3. The van der Waals surface area contributed by atoms with E-state index in [4.69, 9.17) is 9.47 Å². The number of carbonyl (C=O) groups is 1. The Hall–Kier alpha value is -4.76. The van der Waals surface area contributed by atoms with Crippen molar-refractivity contribution >= 4 is 33.3 Å². The zero-order chi connectivity index (χ0) is 27.2. The van der Waals surface area contributed by atoms with Gasteiger partial charge in [-0.2, -0.15) is 0 Å². The first kappa shape index (κ1) is 24.3. The summed E-state index contributed by atoms with van der Waals surface area (Å²) >= 11 is 0. The van der Waals surface area contributed by atoms with E-state index in [9.17, 15) is 9.59 Å². The van der Waals surface area contributed by atoms with Crippen LogP contribution in [0, 0.1) is 5.82 Å². The summed E-state index contributed by atoms with van der Waals surface area (Å²) in [5, 5.41) is 5.10. The van der Waals surface area contributed by atoms with E-state index in [2.05, 4.69) is 10.3 Å². The molecule has 1 saturated heterocycles. The third-order valence-corrected chi connectivity index (χ3v) is 7.45. The highest BCUT2D eigenvalue weighted by molar-refractivity contribution is 6.04. The number of hydrogen-bond acceptors (Lipinski definition) is 6. The number of amides is 1. The van der Waals surface area contributed by atoms with Crippen LogP contribution in [0.15, 0.2) is 77.9 Å². The molecule has 7 rings (SSSR count). The van der Waals surface area contributed by atoms with Crippen LogP contribution in [0.2, 0.25) is 0 Å². The fraction of sp³-hybridized carbons (Fsp3) is 0.194. The van der Waals surface area contributed by atoms with Gasteiger partial charge in [-0.1, -0.05) is 36.4 Å². The Morgan fingerprint density at radius 2 is 1.85 bits per heavy atom. The molecule has 9 heteroatoms. The molecule has 1 fully saturated rings. The second kappa shape index (κ2) is 9.77. The Morgan fingerprint density at radius 3 is 2.67 bits per heavy atom. The minimum absolute atomic E-state index is 0.0172. The number of halogens is 1. The van der Waals surface area contributed by atoms with E-state index in [1.54, 1.807) is 17.3 Å². The minimum Gasteiger partial charge on any atom is -0.451 e. The lowest BCUT2D eigenvalue weighted by molar-refractivity contribution is 0.0302. The highest BCUT2D eigenvalue weighted by Crippen LogP contribution is 2.47. The van der Waals surface area contributed by atoms with E-state index in [1.165, 1.54) is 6.07 Å². The summed E-state index contributed by atoms with van der Waals surface area (Å²) < 4.78 is 29.3. The van der Waals surface area contributed by atoms with E-state index in [1.807, 2.05) is 59.2 Å². The fourth-order valence-corrected chi connectivity index (χ4v) is 5.49. The monoisotopic (exact) mass is 536 g/mol. The van der Waals surface area contributed by atoms with Crippen LogP contribution in [0.5, 0.6) is 11.5 Å². The lowest BCUT2D eigenvalue weighted by atomic mass is 10.0. The topological polar surface area (TPSA) is 85.7 Å². The van der Waals surface area contributed by atoms with Crippen molar-refractivity contribution in [2.75, 3.05) is 38.2 Å². The predicted octanol–water partition coefficient (Wildman–Crippen LogP) is 4.91.